The van der Waals surface area contributed by atoms with Crippen LogP contribution in [-0.4, -0.2) is 36.6 Å². The molecule has 1 aromatic rings. The molecule has 0 bridgehead atoms. The van der Waals surface area contributed by atoms with E-state index in [-0.39, 0.29) is 0 Å². The summed E-state index contributed by atoms with van der Waals surface area (Å²) in [5.74, 6) is 1.78. The average Bonchev–Trinajstić information content (AvgIpc) is 2.61. The lowest BCUT2D eigenvalue weighted by Crippen LogP contribution is -1.99. The molecule has 138 valence electrons. The Morgan fingerprint density at radius 1 is 0.500 bits per heavy atom. The molecule has 4 nitrogen and oxygen atoms in total. The summed E-state index contributed by atoms with van der Waals surface area (Å²) in [6.45, 7) is 2.09. The van der Waals surface area contributed by atoms with Crippen LogP contribution in [0.2, 0.25) is 0 Å². The Kier molecular flexibility index (Phi) is 13.2. The molecule has 0 atom stereocenters. The number of rotatable bonds is 16. The molecule has 24 heavy (non-hydrogen) atoms. The van der Waals surface area contributed by atoms with E-state index < -0.39 is 0 Å². The van der Waals surface area contributed by atoms with Crippen molar-refractivity contribution < 1.29 is 19.7 Å². The van der Waals surface area contributed by atoms with E-state index in [0.29, 0.717) is 13.2 Å². The van der Waals surface area contributed by atoms with Crippen molar-refractivity contribution in [2.24, 2.45) is 0 Å². The van der Waals surface area contributed by atoms with Crippen molar-refractivity contribution in [3.05, 3.63) is 24.3 Å². The molecule has 0 amide bonds. The normalized spacial score (nSPS) is 10.8. The second kappa shape index (κ2) is 15.3. The van der Waals surface area contributed by atoms with Crippen LogP contribution in [0, 0.1) is 0 Å². The van der Waals surface area contributed by atoms with Gasteiger partial charge in [0.15, 0.2) is 0 Å². The fourth-order valence-corrected chi connectivity index (χ4v) is 2.50. The summed E-state index contributed by atoms with van der Waals surface area (Å²) in [5.41, 5.74) is 0. The van der Waals surface area contributed by atoms with Crippen molar-refractivity contribution in [1.29, 1.82) is 0 Å². The Labute approximate surface area is 146 Å². The molecule has 0 spiro atoms. The second-order valence-corrected chi connectivity index (χ2v) is 6.15. The minimum atomic E-state index is 0.300. The number of hydrogen-bond acceptors (Lipinski definition) is 4. The number of unbranched alkanes of at least 4 members (excludes halogenated alkanes) is 8. The van der Waals surface area contributed by atoms with Gasteiger partial charge in [0.05, 0.1) is 13.2 Å². The first kappa shape index (κ1) is 20.8. The minimum absolute atomic E-state index is 0.300. The first-order valence-corrected chi connectivity index (χ1v) is 9.44. The van der Waals surface area contributed by atoms with Crippen molar-refractivity contribution in [1.82, 2.24) is 0 Å². The molecule has 0 aromatic heterocycles. The molecule has 0 unspecified atom stereocenters. The van der Waals surface area contributed by atoms with Crippen molar-refractivity contribution in [2.75, 3.05) is 26.4 Å². The number of benzene rings is 1. The summed E-state index contributed by atoms with van der Waals surface area (Å²) < 4.78 is 11.4. The zero-order chi connectivity index (χ0) is 17.3. The summed E-state index contributed by atoms with van der Waals surface area (Å²) >= 11 is 0. The second-order valence-electron chi connectivity index (χ2n) is 6.15. The van der Waals surface area contributed by atoms with Crippen LogP contribution >= 0.6 is 0 Å². The molecule has 0 radical (unpaired) electrons. The molecule has 2 N–H and O–H groups in total. The van der Waals surface area contributed by atoms with Crippen LogP contribution in [0.1, 0.15) is 64.2 Å². The van der Waals surface area contributed by atoms with Gasteiger partial charge in [-0.15, -0.1) is 0 Å². The highest BCUT2D eigenvalue weighted by Gasteiger charge is 1.98. The van der Waals surface area contributed by atoms with E-state index in [1.54, 1.807) is 0 Å². The van der Waals surface area contributed by atoms with Gasteiger partial charge in [-0.1, -0.05) is 38.5 Å². The van der Waals surface area contributed by atoms with Gasteiger partial charge in [-0.2, -0.15) is 0 Å². The molecular formula is C20H34O4. The summed E-state index contributed by atoms with van der Waals surface area (Å²) in [6.07, 6.45) is 10.8. The van der Waals surface area contributed by atoms with Crippen LogP contribution in [0.4, 0.5) is 0 Å². The molecule has 0 saturated carbocycles. The van der Waals surface area contributed by atoms with Crippen LogP contribution in [-0.2, 0) is 0 Å². The summed E-state index contributed by atoms with van der Waals surface area (Å²) in [4.78, 5) is 0. The van der Waals surface area contributed by atoms with Crippen molar-refractivity contribution in [3.8, 4) is 11.5 Å². The van der Waals surface area contributed by atoms with E-state index in [9.17, 15) is 0 Å². The zero-order valence-electron chi connectivity index (χ0n) is 14.9. The predicted molar refractivity (Wildman–Crippen MR) is 97.8 cm³/mol. The number of aliphatic hydroxyl groups excluding tert-OH is 2. The third-order valence-electron chi connectivity index (χ3n) is 3.97. The fraction of sp³-hybridized carbons (Fsp3) is 0.700. The molecule has 0 aliphatic carbocycles. The van der Waals surface area contributed by atoms with E-state index in [1.165, 1.54) is 0 Å². The van der Waals surface area contributed by atoms with Gasteiger partial charge >= 0.3 is 0 Å². The van der Waals surface area contributed by atoms with Gasteiger partial charge in [0, 0.05) is 13.2 Å². The van der Waals surface area contributed by atoms with Gasteiger partial charge in [-0.05, 0) is 49.9 Å². The first-order chi connectivity index (χ1) is 11.9. The number of hydrogen-bond donors (Lipinski definition) is 2. The minimum Gasteiger partial charge on any atom is -0.494 e. The predicted octanol–water partition coefficient (Wildman–Crippen LogP) is 4.33. The molecule has 0 aliphatic rings. The monoisotopic (exact) mass is 338 g/mol. The lowest BCUT2D eigenvalue weighted by molar-refractivity contribution is 0.276. The Morgan fingerprint density at radius 2 is 0.833 bits per heavy atom. The molecule has 0 heterocycles. The van der Waals surface area contributed by atoms with Gasteiger partial charge in [0.25, 0.3) is 0 Å². The van der Waals surface area contributed by atoms with E-state index in [2.05, 4.69) is 0 Å². The van der Waals surface area contributed by atoms with E-state index >= 15 is 0 Å². The Hall–Kier alpha value is -1.26. The third kappa shape index (κ3) is 11.3. The molecular weight excluding hydrogens is 304 g/mol. The fourth-order valence-electron chi connectivity index (χ4n) is 2.50. The van der Waals surface area contributed by atoms with Crippen LogP contribution in [0.25, 0.3) is 0 Å². The van der Waals surface area contributed by atoms with Gasteiger partial charge in [0.1, 0.15) is 11.5 Å². The standard InChI is InChI=1S/C20H34O4/c21-15-7-3-1-5-9-17-23-19-11-13-20(14-12-19)24-18-10-6-2-4-8-16-22/h11-14,21-22H,1-10,15-18H2. The largest absolute Gasteiger partial charge is 0.494 e. The van der Waals surface area contributed by atoms with E-state index in [1.807, 2.05) is 24.3 Å². The summed E-state index contributed by atoms with van der Waals surface area (Å²) in [7, 11) is 0. The molecule has 0 aliphatic heterocycles. The van der Waals surface area contributed by atoms with Gasteiger partial charge < -0.3 is 19.7 Å². The zero-order valence-corrected chi connectivity index (χ0v) is 14.9. The van der Waals surface area contributed by atoms with Crippen molar-refractivity contribution >= 4 is 0 Å². The molecule has 1 rings (SSSR count). The lowest BCUT2D eigenvalue weighted by Gasteiger charge is -2.09. The van der Waals surface area contributed by atoms with E-state index in [0.717, 1.165) is 88.9 Å². The van der Waals surface area contributed by atoms with Gasteiger partial charge in [-0.25, -0.2) is 0 Å². The smallest absolute Gasteiger partial charge is 0.119 e. The molecule has 4 heteroatoms. The van der Waals surface area contributed by atoms with Crippen LogP contribution in [0.5, 0.6) is 11.5 Å². The van der Waals surface area contributed by atoms with Gasteiger partial charge in [0.2, 0.25) is 0 Å². The first-order valence-electron chi connectivity index (χ1n) is 9.44. The van der Waals surface area contributed by atoms with E-state index in [4.69, 9.17) is 19.7 Å². The quantitative estimate of drug-likeness (QED) is 0.440. The van der Waals surface area contributed by atoms with Crippen LogP contribution < -0.4 is 9.47 Å². The molecule has 1 aromatic carbocycles. The Morgan fingerprint density at radius 3 is 1.21 bits per heavy atom. The molecule has 0 saturated heterocycles. The Balaban J connectivity index is 2.02. The highest BCUT2D eigenvalue weighted by molar-refractivity contribution is 5.31. The maximum absolute atomic E-state index is 8.71. The SMILES string of the molecule is OCCCCCCCOc1ccc(OCCCCCCCO)cc1. The maximum Gasteiger partial charge on any atom is 0.119 e. The number of aliphatic hydroxyl groups is 2. The van der Waals surface area contributed by atoms with Crippen LogP contribution in [0.3, 0.4) is 0 Å². The lowest BCUT2D eigenvalue weighted by atomic mass is 10.1. The maximum atomic E-state index is 8.71. The third-order valence-corrected chi connectivity index (χ3v) is 3.97. The average molecular weight is 338 g/mol. The number of ether oxygens (including phenoxy) is 2. The highest BCUT2D eigenvalue weighted by atomic mass is 16.5. The van der Waals surface area contributed by atoms with Crippen molar-refractivity contribution in [3.63, 3.8) is 0 Å². The molecule has 0 fully saturated rings. The topological polar surface area (TPSA) is 58.9 Å². The van der Waals surface area contributed by atoms with Gasteiger partial charge in [-0.3, -0.25) is 0 Å². The van der Waals surface area contributed by atoms with Crippen molar-refractivity contribution in [2.45, 2.75) is 64.2 Å². The summed E-state index contributed by atoms with van der Waals surface area (Å²) in [5, 5.41) is 17.4. The summed E-state index contributed by atoms with van der Waals surface area (Å²) in [6, 6.07) is 7.84. The van der Waals surface area contributed by atoms with Crippen LogP contribution in [0.15, 0.2) is 24.3 Å². The highest BCUT2D eigenvalue weighted by Crippen LogP contribution is 2.18. The Bertz CT molecular complexity index is 341.